The van der Waals surface area contributed by atoms with E-state index in [4.69, 9.17) is 18.9 Å². The maximum atomic E-state index is 12.1. The van der Waals surface area contributed by atoms with Gasteiger partial charge in [-0.15, -0.1) is 0 Å². The van der Waals surface area contributed by atoms with Crippen molar-refractivity contribution in [1.29, 1.82) is 0 Å². The molecule has 2 aliphatic rings. The fourth-order valence-corrected chi connectivity index (χ4v) is 6.26. The lowest BCUT2D eigenvalue weighted by molar-refractivity contribution is -0.116. The number of benzene rings is 2. The molecule has 2 aliphatic heterocycles. The molecule has 5 rings (SSSR count). The molecule has 11 heteroatoms. The van der Waals surface area contributed by atoms with Crippen molar-refractivity contribution in [2.24, 2.45) is 0 Å². The van der Waals surface area contributed by atoms with Crippen molar-refractivity contribution < 1.29 is 33.6 Å². The Kier molecular flexibility index (Phi) is 12.3. The second kappa shape index (κ2) is 17.0. The van der Waals surface area contributed by atoms with Gasteiger partial charge in [0.05, 0.1) is 32.5 Å². The summed E-state index contributed by atoms with van der Waals surface area (Å²) in [5.74, 6) is 2.28. The van der Waals surface area contributed by atoms with Crippen molar-refractivity contribution in [3.05, 3.63) is 77.5 Å². The Bertz CT molecular complexity index is 1470. The van der Waals surface area contributed by atoms with Crippen molar-refractivity contribution in [2.75, 3.05) is 57.7 Å². The second-order valence-corrected chi connectivity index (χ2v) is 12.0. The number of amides is 2. The topological polar surface area (TPSA) is 131 Å². The number of hydrogen-bond acceptors (Lipinski definition) is 8. The lowest BCUT2D eigenvalue weighted by atomic mass is 9.86. The number of hydrogen-bond donors (Lipinski definition) is 3. The molecule has 1 saturated heterocycles. The maximum Gasteiger partial charge on any atom is 0.407 e. The summed E-state index contributed by atoms with van der Waals surface area (Å²) in [5.41, 5.74) is 3.99. The minimum absolute atomic E-state index is 0.0107. The summed E-state index contributed by atoms with van der Waals surface area (Å²) in [6.07, 6.45) is 5.29. The number of methoxy groups -OCH3 is 2. The maximum absolute atomic E-state index is 12.1. The number of likely N-dealkylation sites (tertiary alicyclic amines) is 1. The zero-order valence-electron chi connectivity index (χ0n) is 27.3. The zero-order valence-corrected chi connectivity index (χ0v) is 27.3. The van der Waals surface area contributed by atoms with Crippen LogP contribution in [-0.2, 0) is 20.7 Å². The first-order chi connectivity index (χ1) is 22.9. The largest absolute Gasteiger partial charge is 0.494 e. The number of anilines is 2. The van der Waals surface area contributed by atoms with Gasteiger partial charge >= 0.3 is 6.09 Å². The molecule has 2 amide bonds. The Hall–Kier alpha value is -4.35. The molecule has 0 aliphatic carbocycles. The molecular formula is C36H46N4O7. The van der Waals surface area contributed by atoms with Crippen LogP contribution in [0.15, 0.2) is 60.8 Å². The van der Waals surface area contributed by atoms with Crippen LogP contribution in [0.25, 0.3) is 0 Å². The van der Waals surface area contributed by atoms with Crippen LogP contribution >= 0.6 is 0 Å². The molecule has 0 spiro atoms. The number of fused-ring (bicyclic) bond motifs is 1. The van der Waals surface area contributed by atoms with E-state index in [0.29, 0.717) is 45.4 Å². The van der Waals surface area contributed by atoms with Crippen molar-refractivity contribution >= 4 is 23.5 Å². The van der Waals surface area contributed by atoms with Gasteiger partial charge in [0.15, 0.2) is 11.6 Å². The van der Waals surface area contributed by atoms with Crippen LogP contribution < -0.4 is 20.1 Å². The molecule has 3 N–H and O–H groups in total. The minimum Gasteiger partial charge on any atom is -0.494 e. The van der Waals surface area contributed by atoms with Gasteiger partial charge < -0.3 is 39.6 Å². The average molecular weight is 647 g/mol. The van der Waals surface area contributed by atoms with E-state index >= 15 is 0 Å². The van der Waals surface area contributed by atoms with Crippen LogP contribution in [0.2, 0.25) is 0 Å². The predicted molar refractivity (Wildman–Crippen MR) is 180 cm³/mol. The number of carboxylic acid groups (broad SMARTS) is 1. The highest BCUT2D eigenvalue weighted by Crippen LogP contribution is 2.37. The van der Waals surface area contributed by atoms with Gasteiger partial charge in [-0.1, -0.05) is 24.3 Å². The molecule has 3 heterocycles. The normalized spacial score (nSPS) is 18.2. The summed E-state index contributed by atoms with van der Waals surface area (Å²) in [4.78, 5) is 29.8. The number of rotatable bonds is 16. The van der Waals surface area contributed by atoms with Crippen LogP contribution in [0.3, 0.4) is 0 Å². The van der Waals surface area contributed by atoms with E-state index in [-0.39, 0.29) is 30.6 Å². The monoisotopic (exact) mass is 646 g/mol. The third-order valence-corrected chi connectivity index (χ3v) is 8.82. The first-order valence-electron chi connectivity index (χ1n) is 16.5. The SMILES string of the molecule is COCCCC(OC1CN(C(=O)O)CCC1c1ccc(OCCCCNc2ncccc2OC)cc1)c1ccc2c(c1)NC(=O)CC2. The van der Waals surface area contributed by atoms with Crippen LogP contribution in [0.5, 0.6) is 11.5 Å². The Morgan fingerprint density at radius 1 is 1.09 bits per heavy atom. The molecule has 0 saturated carbocycles. The summed E-state index contributed by atoms with van der Waals surface area (Å²) in [5, 5.41) is 16.1. The average Bonchev–Trinajstić information content (AvgIpc) is 3.09. The number of carbonyl (C=O) groups excluding carboxylic acids is 1. The number of unbranched alkanes of at least 4 members (excludes halogenated alkanes) is 1. The quantitative estimate of drug-likeness (QED) is 0.154. The Morgan fingerprint density at radius 2 is 1.94 bits per heavy atom. The smallest absolute Gasteiger partial charge is 0.407 e. The van der Waals surface area contributed by atoms with Crippen LogP contribution in [-0.4, -0.2) is 80.2 Å². The van der Waals surface area contributed by atoms with Gasteiger partial charge in [-0.3, -0.25) is 4.79 Å². The van der Waals surface area contributed by atoms with Crippen molar-refractivity contribution in [1.82, 2.24) is 9.88 Å². The zero-order chi connectivity index (χ0) is 33.0. The summed E-state index contributed by atoms with van der Waals surface area (Å²) >= 11 is 0. The van der Waals surface area contributed by atoms with E-state index in [1.165, 1.54) is 4.90 Å². The predicted octanol–water partition coefficient (Wildman–Crippen LogP) is 6.27. The Labute approximate surface area is 276 Å². The second-order valence-electron chi connectivity index (χ2n) is 12.0. The first-order valence-corrected chi connectivity index (χ1v) is 16.5. The number of nitrogens with zero attached hydrogens (tertiary/aromatic N) is 2. The molecule has 1 fully saturated rings. The summed E-state index contributed by atoms with van der Waals surface area (Å²) in [7, 11) is 3.31. The van der Waals surface area contributed by atoms with Gasteiger partial charge in [0.2, 0.25) is 5.91 Å². The third kappa shape index (κ3) is 9.36. The van der Waals surface area contributed by atoms with E-state index in [0.717, 1.165) is 65.5 Å². The van der Waals surface area contributed by atoms with Gasteiger partial charge in [-0.25, -0.2) is 9.78 Å². The highest BCUT2D eigenvalue weighted by Gasteiger charge is 2.35. The summed E-state index contributed by atoms with van der Waals surface area (Å²) in [6, 6.07) is 18.0. The van der Waals surface area contributed by atoms with E-state index in [9.17, 15) is 14.7 Å². The van der Waals surface area contributed by atoms with E-state index < -0.39 is 6.09 Å². The molecule has 11 nitrogen and oxygen atoms in total. The molecule has 0 radical (unpaired) electrons. The fourth-order valence-electron chi connectivity index (χ4n) is 6.26. The lowest BCUT2D eigenvalue weighted by Gasteiger charge is -2.39. The molecular weight excluding hydrogens is 600 g/mol. The summed E-state index contributed by atoms with van der Waals surface area (Å²) < 4.78 is 23.5. The minimum atomic E-state index is -0.942. The highest BCUT2D eigenvalue weighted by molar-refractivity contribution is 5.94. The van der Waals surface area contributed by atoms with Crippen molar-refractivity contribution in [3.8, 4) is 11.5 Å². The number of nitrogens with one attached hydrogen (secondary N) is 2. The lowest BCUT2D eigenvalue weighted by Crippen LogP contribution is -2.46. The Balaban J connectivity index is 1.21. The van der Waals surface area contributed by atoms with Crippen molar-refractivity contribution in [2.45, 2.75) is 63.1 Å². The third-order valence-electron chi connectivity index (χ3n) is 8.82. The molecule has 252 valence electrons. The molecule has 3 unspecified atom stereocenters. The standard InChI is InChI=1S/C36H46N4O7/c1-44-21-6-8-31(27-10-9-26-13-16-34(41)39-30(26)23-27)47-33-24-40(36(42)43)20-17-29(33)25-11-14-28(15-12-25)46-22-4-3-18-37-35-32(45-2)7-5-19-38-35/h5,7,9-12,14-15,19,23,29,31,33H,3-4,6,8,13,16-18,20-22,24H2,1-2H3,(H,37,38)(H,39,41)(H,42,43). The van der Waals surface area contributed by atoms with E-state index in [1.807, 2.05) is 30.3 Å². The molecule has 47 heavy (non-hydrogen) atoms. The number of aromatic nitrogens is 1. The molecule has 2 aromatic carbocycles. The number of carbonyl (C=O) groups is 2. The van der Waals surface area contributed by atoms with Gasteiger partial charge in [0.25, 0.3) is 0 Å². The van der Waals surface area contributed by atoms with Crippen LogP contribution in [0.4, 0.5) is 16.3 Å². The van der Waals surface area contributed by atoms with Crippen LogP contribution in [0.1, 0.15) is 67.2 Å². The molecule has 3 atom stereocenters. The summed E-state index contributed by atoms with van der Waals surface area (Å²) in [6.45, 7) is 2.66. The van der Waals surface area contributed by atoms with Gasteiger partial charge in [-0.05, 0) is 85.5 Å². The molecule has 0 bridgehead atoms. The Morgan fingerprint density at radius 3 is 2.72 bits per heavy atom. The van der Waals surface area contributed by atoms with Crippen LogP contribution in [0, 0.1) is 0 Å². The highest BCUT2D eigenvalue weighted by atomic mass is 16.5. The van der Waals surface area contributed by atoms with Gasteiger partial charge in [-0.2, -0.15) is 0 Å². The van der Waals surface area contributed by atoms with E-state index in [1.54, 1.807) is 20.4 Å². The number of pyridine rings is 1. The van der Waals surface area contributed by atoms with Gasteiger partial charge in [0, 0.05) is 51.0 Å². The first kappa shape index (κ1) is 34.0. The molecule has 1 aromatic heterocycles. The van der Waals surface area contributed by atoms with E-state index in [2.05, 4.69) is 39.9 Å². The molecule has 3 aromatic rings. The van der Waals surface area contributed by atoms with Crippen molar-refractivity contribution in [3.63, 3.8) is 0 Å². The number of ether oxygens (including phenoxy) is 4. The van der Waals surface area contributed by atoms with Gasteiger partial charge in [0.1, 0.15) is 5.75 Å². The number of piperidine rings is 1. The number of aryl methyl sites for hydroxylation is 1. The fraction of sp³-hybridized carbons (Fsp3) is 0.472.